The number of fused-ring (bicyclic) bond motifs is 3. The molecule has 2 aromatic carbocycles. The van der Waals surface area contributed by atoms with Gasteiger partial charge in [0, 0.05) is 49.9 Å². The van der Waals surface area contributed by atoms with Crippen LogP contribution < -0.4 is 5.32 Å². The molecule has 0 aliphatic carbocycles. The molecule has 37 heavy (non-hydrogen) atoms. The fourth-order valence-corrected chi connectivity index (χ4v) is 5.14. The van der Waals surface area contributed by atoms with E-state index in [1.54, 1.807) is 29.0 Å². The number of halogens is 3. The zero-order valence-electron chi connectivity index (χ0n) is 19.7. The Labute approximate surface area is 229 Å². The maximum atomic E-state index is 13.4. The molecule has 6 nitrogen and oxygen atoms in total. The molecule has 186 valence electrons. The van der Waals surface area contributed by atoms with Crippen LogP contribution >= 0.6 is 34.8 Å². The van der Waals surface area contributed by atoms with E-state index in [1.807, 2.05) is 36.4 Å². The van der Waals surface area contributed by atoms with Crippen LogP contribution in [0, 0.1) is 11.3 Å². The van der Waals surface area contributed by atoms with Gasteiger partial charge in [-0.3, -0.25) is 9.47 Å². The lowest BCUT2D eigenvalue weighted by Crippen LogP contribution is -2.34. The van der Waals surface area contributed by atoms with E-state index < -0.39 is 0 Å². The summed E-state index contributed by atoms with van der Waals surface area (Å²) in [5.41, 5.74) is 5.25. The van der Waals surface area contributed by atoms with Gasteiger partial charge in [-0.15, -0.1) is 0 Å². The first-order valence-electron chi connectivity index (χ1n) is 11.7. The number of carbonyl (C=O) groups is 1. The van der Waals surface area contributed by atoms with Gasteiger partial charge in [0.2, 0.25) is 0 Å². The summed E-state index contributed by atoms with van der Waals surface area (Å²) >= 11 is 18.1. The number of rotatable bonds is 5. The Morgan fingerprint density at radius 2 is 1.97 bits per heavy atom. The van der Waals surface area contributed by atoms with Crippen LogP contribution in [0.1, 0.15) is 27.9 Å². The maximum absolute atomic E-state index is 13.4. The SMILES string of the molecule is N#Cc1ccc2c(c1)c1c(n2C(=O)NCc2ccnc(Cl)c2)CCN(C/C=C/c2ccc(Cl)c(Cl)c2)C1. The first-order chi connectivity index (χ1) is 17.9. The Balaban J connectivity index is 1.39. The molecule has 0 fully saturated rings. The van der Waals surface area contributed by atoms with Gasteiger partial charge in [0.05, 0.1) is 27.2 Å². The average Bonchev–Trinajstić information content (AvgIpc) is 3.22. The molecule has 0 atom stereocenters. The normalized spacial score (nSPS) is 13.6. The fraction of sp³-hybridized carbons (Fsp3) is 0.179. The van der Waals surface area contributed by atoms with Crippen molar-refractivity contribution in [3.63, 3.8) is 0 Å². The van der Waals surface area contributed by atoms with Gasteiger partial charge >= 0.3 is 6.03 Å². The largest absolute Gasteiger partial charge is 0.333 e. The number of pyridine rings is 1. The molecular weight excluding hydrogens is 529 g/mol. The van der Waals surface area contributed by atoms with E-state index in [4.69, 9.17) is 34.8 Å². The topological polar surface area (TPSA) is 74.0 Å². The lowest BCUT2D eigenvalue weighted by molar-refractivity contribution is 0.240. The minimum Gasteiger partial charge on any atom is -0.333 e. The van der Waals surface area contributed by atoms with Crippen LogP contribution in [0.15, 0.2) is 60.8 Å². The van der Waals surface area contributed by atoms with E-state index in [-0.39, 0.29) is 6.03 Å². The Bertz CT molecular complexity index is 1570. The van der Waals surface area contributed by atoms with E-state index in [0.717, 1.165) is 46.4 Å². The third kappa shape index (κ3) is 5.51. The van der Waals surface area contributed by atoms with Crippen molar-refractivity contribution < 1.29 is 4.79 Å². The first-order valence-corrected chi connectivity index (χ1v) is 12.8. The van der Waals surface area contributed by atoms with E-state index in [0.29, 0.717) is 40.3 Å². The van der Waals surface area contributed by atoms with Gasteiger partial charge in [0.1, 0.15) is 5.15 Å². The molecule has 2 aromatic heterocycles. The van der Waals surface area contributed by atoms with Gasteiger partial charge in [-0.25, -0.2) is 9.78 Å². The van der Waals surface area contributed by atoms with Crippen molar-refractivity contribution in [2.45, 2.75) is 19.5 Å². The summed E-state index contributed by atoms with van der Waals surface area (Å²) in [6.45, 7) is 2.54. The average molecular weight is 551 g/mol. The van der Waals surface area contributed by atoms with Crippen molar-refractivity contribution >= 4 is 57.8 Å². The molecule has 1 amide bonds. The molecule has 0 saturated heterocycles. The van der Waals surface area contributed by atoms with Gasteiger partial charge in [-0.05, 0) is 59.2 Å². The van der Waals surface area contributed by atoms with Crippen molar-refractivity contribution in [2.24, 2.45) is 0 Å². The summed E-state index contributed by atoms with van der Waals surface area (Å²) in [5, 5.41) is 14.8. The quantitative estimate of drug-likeness (QED) is 0.281. The number of hydrogen-bond donors (Lipinski definition) is 1. The van der Waals surface area contributed by atoms with Crippen LogP contribution in [0.25, 0.3) is 17.0 Å². The lowest BCUT2D eigenvalue weighted by atomic mass is 10.0. The van der Waals surface area contributed by atoms with Crippen LogP contribution in [-0.2, 0) is 19.5 Å². The van der Waals surface area contributed by atoms with Crippen LogP contribution in [0.3, 0.4) is 0 Å². The molecule has 1 aliphatic heterocycles. The maximum Gasteiger partial charge on any atom is 0.326 e. The molecule has 9 heteroatoms. The predicted molar refractivity (Wildman–Crippen MR) is 148 cm³/mol. The number of nitriles is 1. The second-order valence-electron chi connectivity index (χ2n) is 8.81. The van der Waals surface area contributed by atoms with Crippen molar-refractivity contribution in [2.75, 3.05) is 13.1 Å². The third-order valence-corrected chi connectivity index (χ3v) is 7.36. The highest BCUT2D eigenvalue weighted by atomic mass is 35.5. The second-order valence-corrected chi connectivity index (χ2v) is 10.0. The zero-order chi connectivity index (χ0) is 25.9. The van der Waals surface area contributed by atoms with E-state index >= 15 is 0 Å². The monoisotopic (exact) mass is 549 g/mol. The zero-order valence-corrected chi connectivity index (χ0v) is 22.0. The minimum absolute atomic E-state index is 0.211. The predicted octanol–water partition coefficient (Wildman–Crippen LogP) is 6.70. The molecule has 1 aliphatic rings. The van der Waals surface area contributed by atoms with Gasteiger partial charge in [0.25, 0.3) is 0 Å². The third-order valence-electron chi connectivity index (χ3n) is 6.41. The molecule has 0 bridgehead atoms. The van der Waals surface area contributed by atoms with Gasteiger partial charge in [-0.2, -0.15) is 5.26 Å². The summed E-state index contributed by atoms with van der Waals surface area (Å²) in [7, 11) is 0. The molecule has 1 N–H and O–H groups in total. The molecule has 4 aromatic rings. The number of nitrogens with zero attached hydrogens (tertiary/aromatic N) is 4. The highest BCUT2D eigenvalue weighted by molar-refractivity contribution is 6.42. The highest BCUT2D eigenvalue weighted by Gasteiger charge is 2.26. The van der Waals surface area contributed by atoms with Crippen LogP contribution in [0.4, 0.5) is 4.79 Å². The van der Waals surface area contributed by atoms with Crippen molar-refractivity contribution in [1.29, 1.82) is 5.26 Å². The molecule has 3 heterocycles. The molecule has 0 saturated carbocycles. The highest BCUT2D eigenvalue weighted by Crippen LogP contribution is 2.32. The molecule has 0 radical (unpaired) electrons. The van der Waals surface area contributed by atoms with Crippen LogP contribution in [0.5, 0.6) is 0 Å². The van der Waals surface area contributed by atoms with Crippen molar-refractivity contribution in [3.8, 4) is 6.07 Å². The Kier molecular flexibility index (Phi) is 7.50. The molecular formula is C28H22Cl3N5O. The van der Waals surface area contributed by atoms with Crippen molar-refractivity contribution in [1.82, 2.24) is 19.8 Å². The summed E-state index contributed by atoms with van der Waals surface area (Å²) in [5.74, 6) is 0. The lowest BCUT2D eigenvalue weighted by Gasteiger charge is -2.27. The van der Waals surface area contributed by atoms with E-state index in [9.17, 15) is 10.1 Å². The first kappa shape index (κ1) is 25.3. The second kappa shape index (κ2) is 11.0. The number of amides is 1. The van der Waals surface area contributed by atoms with E-state index in [1.165, 1.54) is 0 Å². The van der Waals surface area contributed by atoms with Gasteiger partial charge < -0.3 is 5.32 Å². The fourth-order valence-electron chi connectivity index (χ4n) is 4.63. The van der Waals surface area contributed by atoms with Crippen LogP contribution in [0.2, 0.25) is 15.2 Å². The van der Waals surface area contributed by atoms with Crippen LogP contribution in [-0.4, -0.2) is 33.6 Å². The van der Waals surface area contributed by atoms with Crippen molar-refractivity contribution in [3.05, 3.63) is 104 Å². The Hall–Kier alpha value is -3.34. The van der Waals surface area contributed by atoms with Gasteiger partial charge in [0.15, 0.2) is 0 Å². The smallest absolute Gasteiger partial charge is 0.326 e. The molecule has 0 unspecified atom stereocenters. The number of hydrogen-bond acceptors (Lipinski definition) is 4. The standard InChI is InChI=1S/C28H22Cl3N5O/c29-23-5-3-18(13-24(23)30)2-1-10-35-11-8-26-22(17-35)21-12-19(15-32)4-6-25(21)36(26)28(37)34-16-20-7-9-33-27(31)14-20/h1-7,9,12-14H,8,10-11,16-17H2,(H,34,37)/b2-1+. The summed E-state index contributed by atoms with van der Waals surface area (Å²) in [6, 6.07) is 16.6. The minimum atomic E-state index is -0.211. The van der Waals surface area contributed by atoms with Gasteiger partial charge in [-0.1, -0.05) is 53.0 Å². The Morgan fingerprint density at radius 3 is 2.76 bits per heavy atom. The number of benzene rings is 2. The van der Waals surface area contributed by atoms with E-state index in [2.05, 4.69) is 27.3 Å². The summed E-state index contributed by atoms with van der Waals surface area (Å²) in [4.78, 5) is 19.7. The molecule has 5 rings (SSSR count). The number of nitrogens with one attached hydrogen (secondary N) is 1. The molecule has 0 spiro atoms. The summed E-state index contributed by atoms with van der Waals surface area (Å²) in [6.07, 6.45) is 6.44. The number of carbonyl (C=O) groups excluding carboxylic acids is 1. The Morgan fingerprint density at radius 1 is 1.11 bits per heavy atom. The summed E-state index contributed by atoms with van der Waals surface area (Å²) < 4.78 is 1.75. The number of aromatic nitrogens is 2.